The second kappa shape index (κ2) is 6.34. The Bertz CT molecular complexity index is 496. The molecular formula is C14H19F3N2O2. The molecule has 1 aromatic rings. The van der Waals surface area contributed by atoms with E-state index in [9.17, 15) is 18.0 Å². The molecule has 21 heavy (non-hydrogen) atoms. The lowest BCUT2D eigenvalue weighted by Gasteiger charge is -2.22. The van der Waals surface area contributed by atoms with Crippen molar-refractivity contribution in [2.24, 2.45) is 0 Å². The molecule has 0 saturated heterocycles. The number of ether oxygens (including phenoxy) is 1. The van der Waals surface area contributed by atoms with Gasteiger partial charge in [-0.3, -0.25) is 5.43 Å². The summed E-state index contributed by atoms with van der Waals surface area (Å²) < 4.78 is 43.7. The molecule has 0 radical (unpaired) electrons. The van der Waals surface area contributed by atoms with Gasteiger partial charge in [0.1, 0.15) is 5.60 Å². The Morgan fingerprint density at radius 3 is 2.29 bits per heavy atom. The lowest BCUT2D eigenvalue weighted by molar-refractivity contribution is -0.138. The third kappa shape index (κ3) is 5.63. The quantitative estimate of drug-likeness (QED) is 0.835. The van der Waals surface area contributed by atoms with Gasteiger partial charge in [0.05, 0.1) is 5.56 Å². The maximum Gasteiger partial charge on any atom is 0.422 e. The number of rotatable bonds is 3. The van der Waals surface area contributed by atoms with Gasteiger partial charge in [-0.25, -0.2) is 10.2 Å². The zero-order chi connectivity index (χ0) is 16.3. The summed E-state index contributed by atoms with van der Waals surface area (Å²) in [6.07, 6.45) is -5.20. The number of benzene rings is 1. The van der Waals surface area contributed by atoms with Crippen LogP contribution in [0.25, 0.3) is 0 Å². The van der Waals surface area contributed by atoms with E-state index >= 15 is 0 Å². The zero-order valence-corrected chi connectivity index (χ0v) is 12.3. The molecule has 2 N–H and O–H groups in total. The highest BCUT2D eigenvalue weighted by molar-refractivity contribution is 5.67. The van der Waals surface area contributed by atoms with Crippen LogP contribution < -0.4 is 10.9 Å². The average molecular weight is 304 g/mol. The minimum atomic E-state index is -4.45. The number of carbonyl (C=O) groups excluding carboxylic acids is 1. The number of hydrogen-bond donors (Lipinski definition) is 2. The summed E-state index contributed by atoms with van der Waals surface area (Å²) in [5.41, 5.74) is 3.37. The Morgan fingerprint density at radius 1 is 1.19 bits per heavy atom. The fraction of sp³-hybridized carbons (Fsp3) is 0.500. The van der Waals surface area contributed by atoms with Crippen molar-refractivity contribution < 1.29 is 22.7 Å². The van der Waals surface area contributed by atoms with Crippen molar-refractivity contribution in [3.63, 3.8) is 0 Å². The average Bonchev–Trinajstić information content (AvgIpc) is 2.33. The largest absolute Gasteiger partial charge is 0.443 e. The Kier molecular flexibility index (Phi) is 5.22. The molecule has 1 aromatic carbocycles. The molecule has 0 bridgehead atoms. The van der Waals surface area contributed by atoms with E-state index in [1.54, 1.807) is 20.8 Å². The number of hydrogen-bond acceptors (Lipinski definition) is 3. The highest BCUT2D eigenvalue weighted by atomic mass is 19.4. The predicted octanol–water partition coefficient (Wildman–Crippen LogP) is 3.80. The minimum Gasteiger partial charge on any atom is -0.443 e. The van der Waals surface area contributed by atoms with Crippen LogP contribution in [-0.4, -0.2) is 11.7 Å². The third-order valence-corrected chi connectivity index (χ3v) is 2.52. The van der Waals surface area contributed by atoms with Crippen LogP contribution in [0, 0.1) is 0 Å². The van der Waals surface area contributed by atoms with Crippen LogP contribution in [0.1, 0.15) is 44.9 Å². The second-order valence-corrected chi connectivity index (χ2v) is 5.58. The van der Waals surface area contributed by atoms with Gasteiger partial charge in [-0.2, -0.15) is 13.2 Å². The normalized spacial score (nSPS) is 13.7. The molecule has 118 valence electrons. The molecule has 1 amide bonds. The van der Waals surface area contributed by atoms with Crippen LogP contribution in [0.5, 0.6) is 0 Å². The highest BCUT2D eigenvalue weighted by Crippen LogP contribution is 2.34. The van der Waals surface area contributed by atoms with Crippen molar-refractivity contribution in [2.75, 3.05) is 0 Å². The Balaban J connectivity index is 2.73. The molecule has 1 unspecified atom stereocenters. The Hall–Kier alpha value is -1.76. The summed E-state index contributed by atoms with van der Waals surface area (Å²) >= 11 is 0. The molecule has 1 rings (SSSR count). The monoisotopic (exact) mass is 304 g/mol. The molecule has 0 heterocycles. The Labute approximate surface area is 121 Å². The van der Waals surface area contributed by atoms with Crippen LogP contribution in [0.3, 0.4) is 0 Å². The first kappa shape index (κ1) is 17.3. The predicted molar refractivity (Wildman–Crippen MR) is 72.4 cm³/mol. The highest BCUT2D eigenvalue weighted by Gasteiger charge is 2.34. The van der Waals surface area contributed by atoms with Gasteiger partial charge in [-0.05, 0) is 39.3 Å². The van der Waals surface area contributed by atoms with E-state index < -0.39 is 29.5 Å². The summed E-state index contributed by atoms with van der Waals surface area (Å²) in [5, 5.41) is 0. The van der Waals surface area contributed by atoms with Crippen molar-refractivity contribution >= 4 is 6.09 Å². The number of hydrazine groups is 1. The van der Waals surface area contributed by atoms with E-state index in [0.717, 1.165) is 6.07 Å². The van der Waals surface area contributed by atoms with Gasteiger partial charge in [0, 0.05) is 6.04 Å². The van der Waals surface area contributed by atoms with Crippen LogP contribution in [0.15, 0.2) is 24.3 Å². The third-order valence-electron chi connectivity index (χ3n) is 2.52. The summed E-state index contributed by atoms with van der Waals surface area (Å²) in [6.45, 7) is 6.58. The summed E-state index contributed by atoms with van der Waals surface area (Å²) in [7, 11) is 0. The molecule has 0 aliphatic rings. The first-order valence-electron chi connectivity index (χ1n) is 6.41. The first-order chi connectivity index (χ1) is 9.50. The van der Waals surface area contributed by atoms with Gasteiger partial charge in [0.2, 0.25) is 0 Å². The van der Waals surface area contributed by atoms with E-state index in [-0.39, 0.29) is 5.56 Å². The summed E-state index contributed by atoms with van der Waals surface area (Å²) in [6, 6.07) is 4.46. The summed E-state index contributed by atoms with van der Waals surface area (Å²) in [5.74, 6) is 0. The lowest BCUT2D eigenvalue weighted by Crippen LogP contribution is -2.42. The zero-order valence-electron chi connectivity index (χ0n) is 12.3. The molecule has 0 aliphatic carbocycles. The van der Waals surface area contributed by atoms with Gasteiger partial charge >= 0.3 is 12.3 Å². The molecule has 0 aromatic heterocycles. The molecule has 4 nitrogen and oxygen atoms in total. The molecule has 0 aliphatic heterocycles. The first-order valence-corrected chi connectivity index (χ1v) is 6.41. The molecule has 0 spiro atoms. The van der Waals surface area contributed by atoms with Crippen molar-refractivity contribution in [1.29, 1.82) is 0 Å². The van der Waals surface area contributed by atoms with E-state index in [1.165, 1.54) is 25.1 Å². The fourth-order valence-corrected chi connectivity index (χ4v) is 1.68. The van der Waals surface area contributed by atoms with E-state index in [4.69, 9.17) is 4.74 Å². The topological polar surface area (TPSA) is 50.4 Å². The maximum atomic E-state index is 12.9. The van der Waals surface area contributed by atoms with Gasteiger partial charge in [-0.15, -0.1) is 0 Å². The van der Waals surface area contributed by atoms with E-state index in [0.29, 0.717) is 0 Å². The van der Waals surface area contributed by atoms with Crippen molar-refractivity contribution in [2.45, 2.75) is 45.5 Å². The lowest BCUT2D eigenvalue weighted by atomic mass is 10.0. The standard InChI is InChI=1S/C14H19F3N2O2/c1-9(18-19-12(20)21-13(2,3)4)10-7-5-6-8-11(10)14(15,16)17/h5-9,18H,1-4H3,(H,19,20). The number of amides is 1. The Morgan fingerprint density at radius 2 is 1.76 bits per heavy atom. The molecule has 1 atom stereocenters. The van der Waals surface area contributed by atoms with Crippen molar-refractivity contribution in [1.82, 2.24) is 10.9 Å². The van der Waals surface area contributed by atoms with Crippen molar-refractivity contribution in [3.05, 3.63) is 35.4 Å². The van der Waals surface area contributed by atoms with Gasteiger partial charge in [-0.1, -0.05) is 18.2 Å². The van der Waals surface area contributed by atoms with Crippen LogP contribution in [-0.2, 0) is 10.9 Å². The molecular weight excluding hydrogens is 285 g/mol. The van der Waals surface area contributed by atoms with Crippen LogP contribution in [0.4, 0.5) is 18.0 Å². The van der Waals surface area contributed by atoms with Crippen LogP contribution in [0.2, 0.25) is 0 Å². The number of nitrogens with one attached hydrogen (secondary N) is 2. The van der Waals surface area contributed by atoms with E-state index in [2.05, 4.69) is 10.9 Å². The van der Waals surface area contributed by atoms with Gasteiger partial charge in [0.25, 0.3) is 0 Å². The summed E-state index contributed by atoms with van der Waals surface area (Å²) in [4.78, 5) is 11.5. The van der Waals surface area contributed by atoms with Crippen LogP contribution >= 0.6 is 0 Å². The molecule has 7 heteroatoms. The van der Waals surface area contributed by atoms with E-state index in [1.807, 2.05) is 0 Å². The number of alkyl halides is 3. The smallest absolute Gasteiger partial charge is 0.422 e. The maximum absolute atomic E-state index is 12.9. The van der Waals surface area contributed by atoms with Gasteiger partial charge in [0.15, 0.2) is 0 Å². The van der Waals surface area contributed by atoms with Crippen molar-refractivity contribution in [3.8, 4) is 0 Å². The minimum absolute atomic E-state index is 0.0426. The van der Waals surface area contributed by atoms with Gasteiger partial charge < -0.3 is 4.74 Å². The molecule has 0 fully saturated rings. The SMILES string of the molecule is CC(NNC(=O)OC(C)(C)C)c1ccccc1C(F)(F)F. The fourth-order valence-electron chi connectivity index (χ4n) is 1.68. The number of carbonyl (C=O) groups is 1. The molecule has 0 saturated carbocycles. The number of halogens is 3. The second-order valence-electron chi connectivity index (χ2n) is 5.58.